The SMILES string of the molecule is CC(CCCCl)CCCCl. The van der Waals surface area contributed by atoms with Gasteiger partial charge in [-0.3, -0.25) is 0 Å². The average molecular weight is 183 g/mol. The number of alkyl halides is 2. The van der Waals surface area contributed by atoms with Gasteiger partial charge in [0.1, 0.15) is 0 Å². The molecule has 0 aromatic rings. The van der Waals surface area contributed by atoms with E-state index in [0.717, 1.165) is 30.5 Å². The lowest BCUT2D eigenvalue weighted by Gasteiger charge is -2.07. The molecule has 0 radical (unpaired) electrons. The third-order valence-corrected chi connectivity index (χ3v) is 2.20. The highest BCUT2D eigenvalue weighted by Crippen LogP contribution is 2.12. The van der Waals surface area contributed by atoms with Crippen molar-refractivity contribution >= 4 is 23.2 Å². The molecule has 0 rings (SSSR count). The molecular weight excluding hydrogens is 167 g/mol. The maximum atomic E-state index is 5.55. The fourth-order valence-corrected chi connectivity index (χ4v) is 1.30. The maximum absolute atomic E-state index is 5.55. The van der Waals surface area contributed by atoms with Crippen molar-refractivity contribution in [2.75, 3.05) is 11.8 Å². The number of hydrogen-bond donors (Lipinski definition) is 0. The largest absolute Gasteiger partial charge is 0.127 e. The molecule has 10 heavy (non-hydrogen) atoms. The molecule has 0 bridgehead atoms. The molecule has 0 nitrogen and oxygen atoms in total. The molecule has 0 atom stereocenters. The monoisotopic (exact) mass is 182 g/mol. The minimum absolute atomic E-state index is 0.797. The highest BCUT2D eigenvalue weighted by atomic mass is 35.5. The Kier molecular flexibility index (Phi) is 8.13. The van der Waals surface area contributed by atoms with Gasteiger partial charge < -0.3 is 0 Å². The van der Waals surface area contributed by atoms with Crippen LogP contribution in [0, 0.1) is 5.92 Å². The Morgan fingerprint density at radius 2 is 1.40 bits per heavy atom. The lowest BCUT2D eigenvalue weighted by atomic mass is 10.0. The second-order valence-corrected chi connectivity index (χ2v) is 3.52. The zero-order chi connectivity index (χ0) is 7.82. The van der Waals surface area contributed by atoms with Crippen molar-refractivity contribution in [3.8, 4) is 0 Å². The molecule has 0 saturated heterocycles. The molecule has 2 heteroatoms. The van der Waals surface area contributed by atoms with Crippen molar-refractivity contribution in [1.29, 1.82) is 0 Å². The van der Waals surface area contributed by atoms with Gasteiger partial charge in [0.05, 0.1) is 0 Å². The van der Waals surface area contributed by atoms with Gasteiger partial charge in [-0.25, -0.2) is 0 Å². The van der Waals surface area contributed by atoms with Crippen LogP contribution in [0.3, 0.4) is 0 Å². The molecule has 0 aliphatic rings. The van der Waals surface area contributed by atoms with Gasteiger partial charge >= 0.3 is 0 Å². The Morgan fingerprint density at radius 1 is 1.00 bits per heavy atom. The Bertz CT molecular complexity index is 56.3. The fraction of sp³-hybridized carbons (Fsp3) is 1.00. The summed E-state index contributed by atoms with van der Waals surface area (Å²) in [6.45, 7) is 2.26. The summed E-state index contributed by atoms with van der Waals surface area (Å²) in [5, 5.41) is 0. The van der Waals surface area contributed by atoms with E-state index in [4.69, 9.17) is 23.2 Å². The molecule has 0 spiro atoms. The van der Waals surface area contributed by atoms with Gasteiger partial charge in [-0.05, 0) is 31.6 Å². The Hall–Kier alpha value is 0.580. The lowest BCUT2D eigenvalue weighted by molar-refractivity contribution is 0.483. The van der Waals surface area contributed by atoms with Crippen LogP contribution in [-0.2, 0) is 0 Å². The van der Waals surface area contributed by atoms with Crippen molar-refractivity contribution < 1.29 is 0 Å². The first-order valence-electron chi connectivity index (χ1n) is 3.93. The maximum Gasteiger partial charge on any atom is 0.0223 e. The van der Waals surface area contributed by atoms with Crippen LogP contribution in [0.4, 0.5) is 0 Å². The van der Waals surface area contributed by atoms with Gasteiger partial charge in [0, 0.05) is 11.8 Å². The summed E-state index contributed by atoms with van der Waals surface area (Å²) in [6, 6.07) is 0. The summed E-state index contributed by atoms with van der Waals surface area (Å²) in [7, 11) is 0. The summed E-state index contributed by atoms with van der Waals surface area (Å²) >= 11 is 11.1. The molecular formula is C8H16Cl2. The third-order valence-electron chi connectivity index (χ3n) is 1.66. The quantitative estimate of drug-likeness (QED) is 0.551. The smallest absolute Gasteiger partial charge is 0.0223 e. The summed E-state index contributed by atoms with van der Waals surface area (Å²) in [6.07, 6.45) is 4.79. The molecule has 0 aliphatic heterocycles. The molecule has 0 amide bonds. The van der Waals surface area contributed by atoms with Crippen LogP contribution in [0.15, 0.2) is 0 Å². The predicted molar refractivity (Wildman–Crippen MR) is 49.1 cm³/mol. The van der Waals surface area contributed by atoms with Crippen molar-refractivity contribution in [2.45, 2.75) is 32.6 Å². The summed E-state index contributed by atoms with van der Waals surface area (Å²) in [4.78, 5) is 0. The van der Waals surface area contributed by atoms with Crippen molar-refractivity contribution in [2.24, 2.45) is 5.92 Å². The minimum Gasteiger partial charge on any atom is -0.127 e. The van der Waals surface area contributed by atoms with Gasteiger partial charge in [0.15, 0.2) is 0 Å². The van der Waals surface area contributed by atoms with Crippen LogP contribution < -0.4 is 0 Å². The first kappa shape index (κ1) is 10.6. The Labute approximate surface area is 73.9 Å². The zero-order valence-corrected chi connectivity index (χ0v) is 8.09. The minimum atomic E-state index is 0.797. The molecule has 0 unspecified atom stereocenters. The highest BCUT2D eigenvalue weighted by molar-refractivity contribution is 6.18. The van der Waals surface area contributed by atoms with E-state index in [0.29, 0.717) is 0 Å². The second-order valence-electron chi connectivity index (χ2n) is 2.77. The molecule has 0 heterocycles. The molecule has 0 fully saturated rings. The van der Waals surface area contributed by atoms with Crippen molar-refractivity contribution in [3.05, 3.63) is 0 Å². The van der Waals surface area contributed by atoms with Gasteiger partial charge in [-0.1, -0.05) is 6.92 Å². The topological polar surface area (TPSA) is 0 Å². The van der Waals surface area contributed by atoms with Crippen LogP contribution >= 0.6 is 23.2 Å². The lowest BCUT2D eigenvalue weighted by Crippen LogP contribution is -1.95. The molecule has 0 aromatic heterocycles. The molecule has 0 aromatic carbocycles. The van der Waals surface area contributed by atoms with E-state index in [1.54, 1.807) is 0 Å². The normalized spacial score (nSPS) is 10.8. The van der Waals surface area contributed by atoms with E-state index in [-0.39, 0.29) is 0 Å². The van der Waals surface area contributed by atoms with Gasteiger partial charge in [0.25, 0.3) is 0 Å². The van der Waals surface area contributed by atoms with E-state index in [1.807, 2.05) is 0 Å². The van der Waals surface area contributed by atoms with Crippen LogP contribution in [0.2, 0.25) is 0 Å². The predicted octanol–water partition coefficient (Wildman–Crippen LogP) is 3.66. The van der Waals surface area contributed by atoms with Gasteiger partial charge in [-0.15, -0.1) is 23.2 Å². The zero-order valence-electron chi connectivity index (χ0n) is 6.58. The summed E-state index contributed by atoms with van der Waals surface area (Å²) < 4.78 is 0. The summed E-state index contributed by atoms with van der Waals surface area (Å²) in [5.74, 6) is 2.40. The highest BCUT2D eigenvalue weighted by Gasteiger charge is 1.99. The van der Waals surface area contributed by atoms with Gasteiger partial charge in [0.2, 0.25) is 0 Å². The fourth-order valence-electron chi connectivity index (χ4n) is 0.996. The van der Waals surface area contributed by atoms with Crippen molar-refractivity contribution in [3.63, 3.8) is 0 Å². The van der Waals surface area contributed by atoms with E-state index >= 15 is 0 Å². The first-order valence-corrected chi connectivity index (χ1v) is 5.00. The number of rotatable bonds is 6. The summed E-state index contributed by atoms with van der Waals surface area (Å²) in [5.41, 5.74) is 0. The standard InChI is InChI=1S/C8H16Cl2/c1-8(4-2-6-9)5-3-7-10/h8H,2-7H2,1H3. The van der Waals surface area contributed by atoms with E-state index in [1.165, 1.54) is 12.8 Å². The van der Waals surface area contributed by atoms with Gasteiger partial charge in [-0.2, -0.15) is 0 Å². The molecule has 0 saturated carbocycles. The molecule has 62 valence electrons. The second kappa shape index (κ2) is 7.68. The first-order chi connectivity index (χ1) is 4.81. The van der Waals surface area contributed by atoms with Crippen LogP contribution in [0.5, 0.6) is 0 Å². The molecule has 0 N–H and O–H groups in total. The van der Waals surface area contributed by atoms with E-state index in [2.05, 4.69) is 6.92 Å². The van der Waals surface area contributed by atoms with Crippen molar-refractivity contribution in [1.82, 2.24) is 0 Å². The number of hydrogen-bond acceptors (Lipinski definition) is 0. The molecule has 0 aliphatic carbocycles. The van der Waals surface area contributed by atoms with Crippen LogP contribution in [0.25, 0.3) is 0 Å². The Balaban J connectivity index is 3.00. The third kappa shape index (κ3) is 6.70. The van der Waals surface area contributed by atoms with E-state index in [9.17, 15) is 0 Å². The Morgan fingerprint density at radius 3 is 1.70 bits per heavy atom. The van der Waals surface area contributed by atoms with E-state index < -0.39 is 0 Å². The van der Waals surface area contributed by atoms with Crippen LogP contribution in [-0.4, -0.2) is 11.8 Å². The average Bonchev–Trinajstić information content (AvgIpc) is 1.97. The van der Waals surface area contributed by atoms with Crippen LogP contribution in [0.1, 0.15) is 32.6 Å². The number of halogens is 2.